The van der Waals surface area contributed by atoms with Gasteiger partial charge in [0.05, 0.1) is 38.2 Å². The van der Waals surface area contributed by atoms with Crippen molar-refractivity contribution in [1.29, 1.82) is 0 Å². The quantitative estimate of drug-likeness (QED) is 0.166. The molecule has 12 nitrogen and oxygen atoms in total. The number of benzene rings is 2. The van der Waals surface area contributed by atoms with Gasteiger partial charge in [0.1, 0.15) is 18.0 Å². The largest absolute Gasteiger partial charge is 0.497 e. The number of piperidine rings is 1. The van der Waals surface area contributed by atoms with Gasteiger partial charge >= 0.3 is 17.6 Å². The molecule has 1 aliphatic carbocycles. The fourth-order valence-corrected chi connectivity index (χ4v) is 7.66. The summed E-state index contributed by atoms with van der Waals surface area (Å²) < 4.78 is 27.7. The van der Waals surface area contributed by atoms with Crippen molar-refractivity contribution < 1.29 is 38.2 Å². The minimum Gasteiger partial charge on any atom is -0.497 e. The highest BCUT2D eigenvalue weighted by atomic mass is 16.6. The Hall–Kier alpha value is -4.42. The number of nitrogens with zero attached hydrogens (tertiary/aromatic N) is 2. The lowest BCUT2D eigenvalue weighted by atomic mass is 9.63. The summed E-state index contributed by atoms with van der Waals surface area (Å²) in [6.45, 7) is 1.65. The first-order chi connectivity index (χ1) is 21.8. The van der Waals surface area contributed by atoms with Crippen LogP contribution in [0.15, 0.2) is 42.5 Å². The molecule has 3 aliphatic rings. The van der Waals surface area contributed by atoms with Gasteiger partial charge in [-0.3, -0.25) is 19.8 Å². The van der Waals surface area contributed by atoms with Gasteiger partial charge in [0.2, 0.25) is 0 Å². The van der Waals surface area contributed by atoms with Crippen molar-refractivity contribution in [1.82, 2.24) is 9.88 Å². The van der Waals surface area contributed by atoms with Gasteiger partial charge in [-0.15, -0.1) is 0 Å². The minimum absolute atomic E-state index is 0.0337. The van der Waals surface area contributed by atoms with E-state index in [4.69, 9.17) is 23.7 Å². The van der Waals surface area contributed by atoms with E-state index in [0.29, 0.717) is 12.0 Å². The zero-order valence-corrected chi connectivity index (χ0v) is 25.7. The van der Waals surface area contributed by atoms with E-state index in [1.165, 1.54) is 68.3 Å². The lowest BCUT2D eigenvalue weighted by molar-refractivity contribution is -0.385. The lowest BCUT2D eigenvalue weighted by Gasteiger charge is -2.52. The van der Waals surface area contributed by atoms with Crippen LogP contribution >= 0.6 is 0 Å². The Morgan fingerprint density at radius 2 is 1.89 bits per heavy atom. The van der Waals surface area contributed by atoms with E-state index in [2.05, 4.69) is 16.0 Å². The summed E-state index contributed by atoms with van der Waals surface area (Å²) in [7, 11) is 5.91. The number of hydrogen-bond donors (Lipinski definition) is 1. The third-order valence-electron chi connectivity index (χ3n) is 9.68. The molecule has 6 rings (SSSR count). The van der Waals surface area contributed by atoms with E-state index in [-0.39, 0.29) is 35.3 Å². The second kappa shape index (κ2) is 12.5. The van der Waals surface area contributed by atoms with Crippen LogP contribution in [0.3, 0.4) is 0 Å². The highest BCUT2D eigenvalue weighted by Crippen LogP contribution is 2.50. The van der Waals surface area contributed by atoms with Crippen LogP contribution in [0.2, 0.25) is 0 Å². The molecule has 1 saturated heterocycles. The number of fused-ring (bicyclic) bond motifs is 6. The molecule has 2 fully saturated rings. The highest BCUT2D eigenvalue weighted by Gasteiger charge is 2.54. The molecule has 0 bridgehead atoms. The average molecular weight is 620 g/mol. The zero-order chi connectivity index (χ0) is 31.8. The number of aromatic nitrogens is 1. The molecule has 1 aromatic heterocycles. The molecule has 6 atom stereocenters. The summed E-state index contributed by atoms with van der Waals surface area (Å²) in [5.41, 5.74) is 3.90. The van der Waals surface area contributed by atoms with E-state index in [1.54, 1.807) is 7.11 Å². The van der Waals surface area contributed by atoms with Crippen molar-refractivity contribution in [2.75, 3.05) is 41.5 Å². The molecular formula is C33H37N3O9. The number of rotatable bonds is 8. The zero-order valence-electron chi connectivity index (χ0n) is 25.7. The van der Waals surface area contributed by atoms with Crippen LogP contribution in [0, 0.1) is 27.9 Å². The summed E-state index contributed by atoms with van der Waals surface area (Å²) in [4.78, 5) is 43.2. The van der Waals surface area contributed by atoms with E-state index in [1.807, 2.05) is 12.1 Å². The second-order valence-electron chi connectivity index (χ2n) is 11.8. The number of nitro groups is 1. The van der Waals surface area contributed by atoms with Gasteiger partial charge in [0.25, 0.3) is 0 Å². The summed E-state index contributed by atoms with van der Waals surface area (Å²) in [5, 5.41) is 12.4. The SMILES string of the molecule is COC(=O)[C@H]1[C@H]2C[C@@H]3c4[nH]c5cc(OC)ccc5c4CCN3C[C@H]2C[C@@H](OC(=O)C=Cc2ccc([N+](=O)[O-])c(OC)c2)[C@@H]1OC. The van der Waals surface area contributed by atoms with E-state index in [0.717, 1.165) is 37.2 Å². The first-order valence-corrected chi connectivity index (χ1v) is 15.0. The van der Waals surface area contributed by atoms with Gasteiger partial charge in [0, 0.05) is 55.0 Å². The first kappa shape index (κ1) is 30.6. The van der Waals surface area contributed by atoms with Crippen LogP contribution in [0.5, 0.6) is 11.5 Å². The molecule has 1 saturated carbocycles. The standard InChI is InChI=1S/C33H37N3O9/c1-41-20-7-8-21-22-11-12-35-17-19-14-28(45-29(37)10-6-18-5-9-25(36(39)40)27(13-18)42-2)32(43-3)30(33(38)44-4)23(19)16-26(35)31(22)34-24(21)15-20/h5-10,13,15,19,23,26,28,30,32,34H,11-12,14,16-17H2,1-4H3/t19-,23+,26-,28-,30+,32+/m1/s1. The van der Waals surface area contributed by atoms with Gasteiger partial charge in [-0.05, 0) is 72.6 Å². The summed E-state index contributed by atoms with van der Waals surface area (Å²) in [6.07, 6.45) is 3.62. The Bertz CT molecular complexity index is 1650. The van der Waals surface area contributed by atoms with Crippen LogP contribution in [0.1, 0.15) is 35.7 Å². The van der Waals surface area contributed by atoms with E-state index in [9.17, 15) is 19.7 Å². The van der Waals surface area contributed by atoms with Crippen LogP contribution in [-0.4, -0.2) is 80.5 Å². The predicted octanol–water partition coefficient (Wildman–Crippen LogP) is 4.46. The maximum Gasteiger partial charge on any atom is 0.331 e. The number of aromatic amines is 1. The van der Waals surface area contributed by atoms with Crippen LogP contribution in [0.25, 0.3) is 17.0 Å². The number of hydrogen-bond acceptors (Lipinski definition) is 10. The summed E-state index contributed by atoms with van der Waals surface area (Å²) in [5.74, 6) is -0.663. The Kier molecular flexibility index (Phi) is 8.52. The van der Waals surface area contributed by atoms with Crippen LogP contribution in [-0.2, 0) is 30.2 Å². The molecule has 3 heterocycles. The average Bonchev–Trinajstić information content (AvgIpc) is 3.43. The molecule has 45 heavy (non-hydrogen) atoms. The molecule has 0 unspecified atom stereocenters. The Labute approximate surface area is 260 Å². The molecule has 12 heteroatoms. The molecule has 2 aromatic carbocycles. The van der Waals surface area contributed by atoms with Crippen molar-refractivity contribution in [3.05, 3.63) is 69.4 Å². The lowest BCUT2D eigenvalue weighted by Crippen LogP contribution is -2.58. The van der Waals surface area contributed by atoms with E-state index < -0.39 is 29.0 Å². The van der Waals surface area contributed by atoms with Gasteiger partial charge < -0.3 is 28.7 Å². The smallest absolute Gasteiger partial charge is 0.331 e. The molecule has 0 radical (unpaired) electrons. The second-order valence-corrected chi connectivity index (χ2v) is 11.8. The van der Waals surface area contributed by atoms with Gasteiger partial charge in [0.15, 0.2) is 5.75 Å². The Morgan fingerprint density at radius 1 is 1.07 bits per heavy atom. The van der Waals surface area contributed by atoms with Gasteiger partial charge in [-0.1, -0.05) is 0 Å². The number of carbonyl (C=O) groups is 2. The summed E-state index contributed by atoms with van der Waals surface area (Å²) in [6, 6.07) is 10.5. The van der Waals surface area contributed by atoms with Crippen molar-refractivity contribution in [3.63, 3.8) is 0 Å². The van der Waals surface area contributed by atoms with Crippen LogP contribution in [0.4, 0.5) is 5.69 Å². The molecule has 1 N–H and O–H groups in total. The number of esters is 2. The fourth-order valence-electron chi connectivity index (χ4n) is 7.66. The molecular weight excluding hydrogens is 582 g/mol. The van der Waals surface area contributed by atoms with Gasteiger partial charge in [-0.25, -0.2) is 4.79 Å². The molecule has 2 aliphatic heterocycles. The number of ether oxygens (including phenoxy) is 5. The van der Waals surface area contributed by atoms with E-state index >= 15 is 0 Å². The van der Waals surface area contributed by atoms with Crippen molar-refractivity contribution in [2.45, 2.75) is 37.5 Å². The van der Waals surface area contributed by atoms with Crippen LogP contribution < -0.4 is 9.47 Å². The molecule has 238 valence electrons. The number of carbonyl (C=O) groups excluding carboxylic acids is 2. The van der Waals surface area contributed by atoms with Gasteiger partial charge in [-0.2, -0.15) is 0 Å². The first-order valence-electron chi connectivity index (χ1n) is 15.0. The number of nitro benzene ring substituents is 1. The summed E-state index contributed by atoms with van der Waals surface area (Å²) >= 11 is 0. The fraction of sp³-hybridized carbons (Fsp3) is 0.455. The number of nitrogens with one attached hydrogen (secondary N) is 1. The monoisotopic (exact) mass is 619 g/mol. The number of H-pyrrole nitrogens is 1. The maximum absolute atomic E-state index is 13.3. The molecule has 0 amide bonds. The van der Waals surface area contributed by atoms with Crippen molar-refractivity contribution in [2.24, 2.45) is 17.8 Å². The topological polar surface area (TPSA) is 142 Å². The Morgan fingerprint density at radius 3 is 2.60 bits per heavy atom. The third kappa shape index (κ3) is 5.64. The molecule has 0 spiro atoms. The highest BCUT2D eigenvalue weighted by molar-refractivity contribution is 5.88. The third-order valence-corrected chi connectivity index (χ3v) is 9.68. The minimum atomic E-state index is -0.683. The predicted molar refractivity (Wildman–Crippen MR) is 164 cm³/mol. The van der Waals surface area contributed by atoms with Crippen molar-refractivity contribution >= 4 is 34.6 Å². The molecule has 3 aromatic rings. The normalized spacial score (nSPS) is 26.0. The maximum atomic E-state index is 13.3. The Balaban J connectivity index is 1.23. The number of methoxy groups -OCH3 is 4. The van der Waals surface area contributed by atoms with Crippen molar-refractivity contribution in [3.8, 4) is 11.5 Å².